The molecule has 9 nitrogen and oxygen atoms in total. The third kappa shape index (κ3) is 5.79. The Kier molecular flexibility index (Phi) is 7.89. The Morgan fingerprint density at radius 2 is 1.89 bits per heavy atom. The molecule has 4 rings (SSSR count). The minimum Gasteiger partial charge on any atom is -0.444 e. The fourth-order valence-corrected chi connectivity index (χ4v) is 5.92. The largest absolute Gasteiger partial charge is 0.444 e. The normalized spacial score (nSPS) is 18.4. The van der Waals surface area contributed by atoms with E-state index in [4.69, 9.17) is 25.8 Å². The van der Waals surface area contributed by atoms with Crippen LogP contribution in [0.25, 0.3) is 10.9 Å². The molecular weight excluding hydrogens is 537 g/mol. The van der Waals surface area contributed by atoms with Crippen molar-refractivity contribution in [1.82, 2.24) is 14.5 Å². The number of carbonyl (C=O) groups excluding carboxylic acids is 1. The van der Waals surface area contributed by atoms with Gasteiger partial charge in [0.1, 0.15) is 18.2 Å². The summed E-state index contributed by atoms with van der Waals surface area (Å²) in [6.45, 7) is 6.46. The highest BCUT2D eigenvalue weighted by molar-refractivity contribution is 7.99. The van der Waals surface area contributed by atoms with E-state index in [2.05, 4.69) is 4.98 Å². The van der Waals surface area contributed by atoms with E-state index in [0.29, 0.717) is 5.52 Å². The van der Waals surface area contributed by atoms with Gasteiger partial charge in [-0.25, -0.2) is 9.59 Å². The highest BCUT2D eigenvalue weighted by Gasteiger charge is 2.39. The quantitative estimate of drug-likeness (QED) is 0.390. The Morgan fingerprint density at radius 1 is 1.22 bits per heavy atom. The predicted octanol–water partition coefficient (Wildman–Crippen LogP) is 4.39. The third-order valence-electron chi connectivity index (χ3n) is 5.92. The molecular formula is C23H28ClF3N4O5S. The van der Waals surface area contributed by atoms with Crippen molar-refractivity contribution in [1.29, 1.82) is 0 Å². The van der Waals surface area contributed by atoms with Crippen LogP contribution in [0.4, 0.5) is 23.8 Å². The molecule has 14 heteroatoms. The molecule has 2 aromatic rings. The van der Waals surface area contributed by atoms with Crippen LogP contribution >= 0.6 is 23.4 Å². The number of alkyl halides is 3. The zero-order chi connectivity index (χ0) is 27.1. The average molecular weight is 565 g/mol. The van der Waals surface area contributed by atoms with E-state index in [1.165, 1.54) is 16.6 Å². The van der Waals surface area contributed by atoms with Crippen LogP contribution in [0.5, 0.6) is 0 Å². The lowest BCUT2D eigenvalue weighted by molar-refractivity contribution is -0.137. The second-order valence-electron chi connectivity index (χ2n) is 9.75. The molecule has 0 bridgehead atoms. The number of thioether (sulfide) groups is 1. The van der Waals surface area contributed by atoms with E-state index in [0.717, 1.165) is 17.8 Å². The average Bonchev–Trinajstić information content (AvgIpc) is 2.81. The summed E-state index contributed by atoms with van der Waals surface area (Å²) < 4.78 is 58.9. The first kappa shape index (κ1) is 27.8. The Labute approximate surface area is 220 Å². The minimum absolute atomic E-state index is 0.00707. The number of amides is 1. The summed E-state index contributed by atoms with van der Waals surface area (Å²) in [5, 5.41) is -0.276. The van der Waals surface area contributed by atoms with Gasteiger partial charge in [-0.15, -0.1) is 11.8 Å². The number of aromatic nitrogens is 2. The smallest absolute Gasteiger partial charge is 0.417 e. The monoisotopic (exact) mass is 564 g/mol. The fourth-order valence-electron chi connectivity index (χ4n) is 4.32. The Balaban J connectivity index is 1.76. The lowest BCUT2D eigenvalue weighted by atomic mass is 10.1. The second kappa shape index (κ2) is 10.5. The molecule has 204 valence electrons. The summed E-state index contributed by atoms with van der Waals surface area (Å²) in [5.74, 6) is 0.407. The van der Waals surface area contributed by atoms with E-state index >= 15 is 0 Å². The van der Waals surface area contributed by atoms with Gasteiger partial charge in [-0.1, -0.05) is 11.6 Å². The summed E-state index contributed by atoms with van der Waals surface area (Å²) in [5.41, 5.74) is -1.96. The molecule has 1 aromatic carbocycles. The number of piperazine rings is 1. The van der Waals surface area contributed by atoms with Gasteiger partial charge in [0.15, 0.2) is 0 Å². The number of hydrogen-bond donors (Lipinski definition) is 0. The molecule has 1 atom stereocenters. The number of benzene rings is 1. The number of anilines is 1. The van der Waals surface area contributed by atoms with Gasteiger partial charge >= 0.3 is 18.0 Å². The molecule has 0 unspecified atom stereocenters. The van der Waals surface area contributed by atoms with Gasteiger partial charge in [0.05, 0.1) is 33.6 Å². The SMILES string of the molecule is COCOC[C@H]1CSc2c(Cl)c(C(F)(F)F)cc3c(N4CCN(C(=O)OC(C)(C)C)CC4)nc(=O)n1c23. The molecule has 1 aromatic heterocycles. The number of ether oxygens (including phenoxy) is 3. The number of rotatable bonds is 5. The molecule has 0 N–H and O–H groups in total. The maximum Gasteiger partial charge on any atom is 0.417 e. The molecule has 0 spiro atoms. The van der Waals surface area contributed by atoms with Gasteiger partial charge < -0.3 is 24.0 Å². The summed E-state index contributed by atoms with van der Waals surface area (Å²) in [4.78, 5) is 33.4. The number of carbonyl (C=O) groups is 1. The third-order valence-corrected chi connectivity index (χ3v) is 7.66. The first-order chi connectivity index (χ1) is 17.3. The molecule has 1 fully saturated rings. The lowest BCUT2D eigenvalue weighted by Gasteiger charge is -2.37. The zero-order valence-corrected chi connectivity index (χ0v) is 22.4. The van der Waals surface area contributed by atoms with Crippen molar-refractivity contribution in [3.8, 4) is 0 Å². The van der Waals surface area contributed by atoms with Gasteiger partial charge in [-0.05, 0) is 26.8 Å². The highest BCUT2D eigenvalue weighted by Crippen LogP contribution is 2.48. The Hall–Kier alpha value is -2.22. The molecule has 0 aliphatic carbocycles. The molecule has 37 heavy (non-hydrogen) atoms. The Morgan fingerprint density at radius 3 is 2.49 bits per heavy atom. The summed E-state index contributed by atoms with van der Waals surface area (Å²) in [6.07, 6.45) is -5.17. The molecule has 2 aliphatic heterocycles. The van der Waals surface area contributed by atoms with E-state index in [1.807, 2.05) is 0 Å². The minimum atomic E-state index is -4.70. The first-order valence-electron chi connectivity index (χ1n) is 11.6. The second-order valence-corrected chi connectivity index (χ2v) is 11.2. The van der Waals surface area contributed by atoms with Crippen LogP contribution in [-0.2, 0) is 20.4 Å². The standard InChI is InChI=1S/C23H28ClF3N4O5S/c1-22(2,3)36-21(33)30-7-5-29(6-8-30)19-14-9-15(23(25,26)27)16(24)18-17(14)31(20(32)28-19)13(11-37-18)10-35-12-34-4/h9,13H,5-8,10-12H2,1-4H3/t13-/m0/s1. The van der Waals surface area contributed by atoms with Gasteiger partial charge in [0, 0.05) is 44.4 Å². The maximum atomic E-state index is 13.9. The van der Waals surface area contributed by atoms with Crippen molar-refractivity contribution >= 4 is 46.2 Å². The van der Waals surface area contributed by atoms with Crippen LogP contribution in [0.15, 0.2) is 15.8 Å². The van der Waals surface area contributed by atoms with Crippen molar-refractivity contribution in [2.75, 3.05) is 57.3 Å². The predicted molar refractivity (Wildman–Crippen MR) is 134 cm³/mol. The van der Waals surface area contributed by atoms with Crippen molar-refractivity contribution in [3.05, 3.63) is 27.1 Å². The molecule has 1 amide bonds. The molecule has 0 radical (unpaired) electrons. The molecule has 1 saturated heterocycles. The summed E-state index contributed by atoms with van der Waals surface area (Å²) in [7, 11) is 1.46. The molecule has 2 aliphatic rings. The van der Waals surface area contributed by atoms with Crippen LogP contribution in [0.2, 0.25) is 5.02 Å². The molecule has 0 saturated carbocycles. The Bertz CT molecular complexity index is 1240. The van der Waals surface area contributed by atoms with Crippen molar-refractivity contribution in [3.63, 3.8) is 0 Å². The summed E-state index contributed by atoms with van der Waals surface area (Å²) in [6, 6.07) is 0.486. The van der Waals surface area contributed by atoms with Crippen LogP contribution in [0.3, 0.4) is 0 Å². The summed E-state index contributed by atoms with van der Waals surface area (Å²) >= 11 is 7.40. The van der Waals surface area contributed by atoms with Gasteiger partial charge in [0.2, 0.25) is 0 Å². The van der Waals surface area contributed by atoms with Crippen LogP contribution in [0, 0.1) is 0 Å². The van der Waals surface area contributed by atoms with Crippen molar-refractivity contribution < 1.29 is 32.2 Å². The van der Waals surface area contributed by atoms with Crippen LogP contribution in [-0.4, -0.2) is 78.6 Å². The number of hydrogen-bond acceptors (Lipinski definition) is 8. The van der Waals surface area contributed by atoms with Crippen molar-refractivity contribution in [2.24, 2.45) is 0 Å². The maximum absolute atomic E-state index is 13.9. The van der Waals surface area contributed by atoms with Gasteiger partial charge in [-0.2, -0.15) is 18.2 Å². The van der Waals surface area contributed by atoms with E-state index < -0.39 is 40.2 Å². The number of halogens is 4. The zero-order valence-electron chi connectivity index (χ0n) is 20.9. The van der Waals surface area contributed by atoms with E-state index in [1.54, 1.807) is 25.7 Å². The topological polar surface area (TPSA) is 86.1 Å². The number of nitrogens with zero attached hydrogens (tertiary/aromatic N) is 4. The van der Waals surface area contributed by atoms with E-state index in [9.17, 15) is 22.8 Å². The van der Waals surface area contributed by atoms with Crippen molar-refractivity contribution in [2.45, 2.75) is 43.5 Å². The lowest BCUT2D eigenvalue weighted by Crippen LogP contribution is -2.50. The van der Waals surface area contributed by atoms with Crippen LogP contribution < -0.4 is 10.6 Å². The van der Waals surface area contributed by atoms with Crippen LogP contribution in [0.1, 0.15) is 32.4 Å². The fraction of sp³-hybridized carbons (Fsp3) is 0.609. The van der Waals surface area contributed by atoms with E-state index in [-0.39, 0.29) is 61.4 Å². The highest BCUT2D eigenvalue weighted by atomic mass is 35.5. The number of methoxy groups -OCH3 is 1. The van der Waals surface area contributed by atoms with Gasteiger partial charge in [0.25, 0.3) is 0 Å². The van der Waals surface area contributed by atoms with Gasteiger partial charge in [-0.3, -0.25) is 4.57 Å². The first-order valence-corrected chi connectivity index (χ1v) is 13.0. The molecule has 3 heterocycles.